The maximum atomic E-state index is 13.1. The van der Waals surface area contributed by atoms with Crippen LogP contribution in [-0.4, -0.2) is 63.4 Å². The quantitative estimate of drug-likeness (QED) is 0.568. The van der Waals surface area contributed by atoms with Crippen LogP contribution in [0.25, 0.3) is 10.8 Å². The zero-order valence-electron chi connectivity index (χ0n) is 18.9. The monoisotopic (exact) mass is 472 g/mol. The molecule has 0 bridgehead atoms. The molecule has 2 aromatic rings. The van der Waals surface area contributed by atoms with Crippen LogP contribution in [0.15, 0.2) is 47.4 Å². The normalized spacial score (nSPS) is 22.3. The van der Waals surface area contributed by atoms with Crippen LogP contribution in [0.5, 0.6) is 0 Å². The highest BCUT2D eigenvalue weighted by Crippen LogP contribution is 2.21. The van der Waals surface area contributed by atoms with Gasteiger partial charge in [-0.3, -0.25) is 9.59 Å². The summed E-state index contributed by atoms with van der Waals surface area (Å²) in [6.45, 7) is 4.16. The second-order valence-electron chi connectivity index (χ2n) is 8.97. The van der Waals surface area contributed by atoms with E-state index in [0.29, 0.717) is 19.6 Å². The molecule has 2 heterocycles. The van der Waals surface area contributed by atoms with Gasteiger partial charge in [-0.2, -0.15) is 4.72 Å². The molecule has 3 N–H and O–H groups in total. The van der Waals surface area contributed by atoms with Crippen LogP contribution in [-0.2, 0) is 19.6 Å². The van der Waals surface area contributed by atoms with Gasteiger partial charge in [-0.15, -0.1) is 0 Å². The number of benzene rings is 2. The SMILES string of the molecule is C[C@H](NS(=O)(=O)c1ccc2ccccc2c1)C(=O)N1CCC[C@H]1CNC(=O)C1CCCNC1. The van der Waals surface area contributed by atoms with Crippen molar-refractivity contribution >= 4 is 32.6 Å². The van der Waals surface area contributed by atoms with Crippen LogP contribution in [0.2, 0.25) is 0 Å². The highest BCUT2D eigenvalue weighted by Gasteiger charge is 2.34. The predicted octanol–water partition coefficient (Wildman–Crippen LogP) is 1.61. The number of nitrogens with zero attached hydrogens (tertiary/aromatic N) is 1. The van der Waals surface area contributed by atoms with Crippen molar-refractivity contribution in [1.29, 1.82) is 0 Å². The number of hydrogen-bond donors (Lipinski definition) is 3. The highest BCUT2D eigenvalue weighted by atomic mass is 32.2. The number of hydrogen-bond acceptors (Lipinski definition) is 5. The minimum Gasteiger partial charge on any atom is -0.354 e. The third-order valence-electron chi connectivity index (χ3n) is 6.57. The molecular formula is C24H32N4O4S. The fourth-order valence-corrected chi connectivity index (χ4v) is 5.94. The lowest BCUT2D eigenvalue weighted by Crippen LogP contribution is -2.51. The van der Waals surface area contributed by atoms with E-state index < -0.39 is 16.1 Å². The number of carbonyl (C=O) groups is 2. The Morgan fingerprint density at radius 3 is 2.67 bits per heavy atom. The number of nitrogens with one attached hydrogen (secondary N) is 3. The molecule has 33 heavy (non-hydrogen) atoms. The first-order chi connectivity index (χ1) is 15.8. The lowest BCUT2D eigenvalue weighted by molar-refractivity contribution is -0.134. The summed E-state index contributed by atoms with van der Waals surface area (Å²) in [6.07, 6.45) is 3.49. The van der Waals surface area contributed by atoms with Gasteiger partial charge in [0.05, 0.1) is 16.9 Å². The first-order valence-electron chi connectivity index (χ1n) is 11.7. The average Bonchev–Trinajstić information content (AvgIpc) is 3.30. The topological polar surface area (TPSA) is 108 Å². The van der Waals surface area contributed by atoms with Crippen molar-refractivity contribution < 1.29 is 18.0 Å². The van der Waals surface area contributed by atoms with Crippen LogP contribution in [0.4, 0.5) is 0 Å². The second kappa shape index (κ2) is 10.2. The van der Waals surface area contributed by atoms with Crippen molar-refractivity contribution in [1.82, 2.24) is 20.3 Å². The van der Waals surface area contributed by atoms with Crippen molar-refractivity contribution in [2.75, 3.05) is 26.2 Å². The molecule has 178 valence electrons. The van der Waals surface area contributed by atoms with E-state index in [1.165, 1.54) is 0 Å². The Morgan fingerprint density at radius 1 is 1.12 bits per heavy atom. The fraction of sp³-hybridized carbons (Fsp3) is 0.500. The largest absolute Gasteiger partial charge is 0.354 e. The maximum Gasteiger partial charge on any atom is 0.241 e. The lowest BCUT2D eigenvalue weighted by Gasteiger charge is -2.29. The summed E-state index contributed by atoms with van der Waals surface area (Å²) in [6, 6.07) is 11.4. The van der Waals surface area contributed by atoms with E-state index in [9.17, 15) is 18.0 Å². The minimum atomic E-state index is -3.86. The predicted molar refractivity (Wildman–Crippen MR) is 127 cm³/mol. The molecule has 9 heteroatoms. The summed E-state index contributed by atoms with van der Waals surface area (Å²) in [5, 5.41) is 8.01. The Morgan fingerprint density at radius 2 is 1.91 bits per heavy atom. The van der Waals surface area contributed by atoms with Crippen LogP contribution in [0, 0.1) is 5.92 Å². The van der Waals surface area contributed by atoms with E-state index in [1.807, 2.05) is 24.3 Å². The summed E-state index contributed by atoms with van der Waals surface area (Å²) in [7, 11) is -3.86. The van der Waals surface area contributed by atoms with E-state index >= 15 is 0 Å². The molecular weight excluding hydrogens is 440 g/mol. The van der Waals surface area contributed by atoms with Crippen molar-refractivity contribution in [3.63, 3.8) is 0 Å². The maximum absolute atomic E-state index is 13.1. The van der Waals surface area contributed by atoms with Crippen LogP contribution >= 0.6 is 0 Å². The van der Waals surface area contributed by atoms with Gasteiger partial charge in [-0.1, -0.05) is 30.3 Å². The van der Waals surface area contributed by atoms with Crippen molar-refractivity contribution in [2.24, 2.45) is 5.92 Å². The molecule has 0 radical (unpaired) electrons. The Bertz CT molecular complexity index is 1110. The van der Waals surface area contributed by atoms with E-state index in [0.717, 1.165) is 43.0 Å². The van der Waals surface area contributed by atoms with Crippen molar-refractivity contribution in [2.45, 2.75) is 49.6 Å². The molecule has 3 atom stereocenters. The number of likely N-dealkylation sites (tertiary alicyclic amines) is 1. The Labute approximate surface area is 195 Å². The number of carbonyl (C=O) groups excluding carboxylic acids is 2. The number of sulfonamides is 1. The molecule has 1 unspecified atom stereocenters. The molecule has 2 aliphatic heterocycles. The second-order valence-corrected chi connectivity index (χ2v) is 10.7. The Hall–Kier alpha value is -2.49. The Kier molecular flexibility index (Phi) is 7.31. The van der Waals surface area contributed by atoms with E-state index in [-0.39, 0.29) is 28.7 Å². The van der Waals surface area contributed by atoms with Gasteiger partial charge < -0.3 is 15.5 Å². The summed E-state index contributed by atoms with van der Waals surface area (Å²) in [4.78, 5) is 27.4. The molecule has 0 spiro atoms. The molecule has 2 aliphatic rings. The van der Waals surface area contributed by atoms with E-state index in [4.69, 9.17) is 0 Å². The summed E-state index contributed by atoms with van der Waals surface area (Å²) in [5.41, 5.74) is 0. The molecule has 4 rings (SSSR count). The molecule has 0 aromatic heterocycles. The van der Waals surface area contributed by atoms with Gasteiger partial charge >= 0.3 is 0 Å². The molecule has 8 nitrogen and oxygen atoms in total. The van der Waals surface area contributed by atoms with E-state index in [1.54, 1.807) is 30.0 Å². The van der Waals surface area contributed by atoms with E-state index in [2.05, 4.69) is 15.4 Å². The minimum absolute atomic E-state index is 0.0200. The molecule has 2 aromatic carbocycles. The lowest BCUT2D eigenvalue weighted by atomic mass is 9.99. The van der Waals surface area contributed by atoms with Gasteiger partial charge in [0.25, 0.3) is 0 Å². The fourth-order valence-electron chi connectivity index (χ4n) is 4.71. The first kappa shape index (κ1) is 23.7. The number of fused-ring (bicyclic) bond motifs is 1. The van der Waals surface area contributed by atoms with Crippen LogP contribution < -0.4 is 15.4 Å². The third kappa shape index (κ3) is 5.54. The van der Waals surface area contributed by atoms with Gasteiger partial charge in [-0.05, 0) is 62.1 Å². The highest BCUT2D eigenvalue weighted by molar-refractivity contribution is 7.89. The standard InChI is InChI=1S/C24H32N4O4S/c1-17(27-33(31,32)22-11-10-18-6-2-3-7-19(18)14-22)24(30)28-13-5-9-21(28)16-26-23(29)20-8-4-12-25-15-20/h2-3,6-7,10-11,14,17,20-21,25,27H,4-5,8-9,12-13,15-16H2,1H3,(H,26,29)/t17-,20?,21-/m0/s1. The number of piperidine rings is 1. The molecule has 2 fully saturated rings. The van der Waals surface area contributed by atoms with Gasteiger partial charge in [-0.25, -0.2) is 8.42 Å². The van der Waals surface area contributed by atoms with Gasteiger partial charge in [0.15, 0.2) is 0 Å². The molecule has 2 saturated heterocycles. The molecule has 2 amide bonds. The summed E-state index contributed by atoms with van der Waals surface area (Å²) >= 11 is 0. The summed E-state index contributed by atoms with van der Waals surface area (Å²) in [5.74, 6) is -0.279. The number of amides is 2. The van der Waals surface area contributed by atoms with Gasteiger partial charge in [0, 0.05) is 25.7 Å². The van der Waals surface area contributed by atoms with Crippen LogP contribution in [0.3, 0.4) is 0 Å². The van der Waals surface area contributed by atoms with Gasteiger partial charge in [0.2, 0.25) is 21.8 Å². The average molecular weight is 473 g/mol. The molecule has 0 saturated carbocycles. The van der Waals surface area contributed by atoms with Crippen molar-refractivity contribution in [3.8, 4) is 0 Å². The summed E-state index contributed by atoms with van der Waals surface area (Å²) < 4.78 is 28.4. The van der Waals surface area contributed by atoms with Gasteiger partial charge in [0.1, 0.15) is 0 Å². The van der Waals surface area contributed by atoms with Crippen molar-refractivity contribution in [3.05, 3.63) is 42.5 Å². The van der Waals surface area contributed by atoms with Crippen LogP contribution in [0.1, 0.15) is 32.6 Å². The zero-order valence-corrected chi connectivity index (χ0v) is 19.7. The third-order valence-corrected chi connectivity index (χ3v) is 8.11. The molecule has 0 aliphatic carbocycles. The zero-order chi connectivity index (χ0) is 23.4. The smallest absolute Gasteiger partial charge is 0.241 e. The first-order valence-corrected chi connectivity index (χ1v) is 13.1. The number of rotatable bonds is 7. The Balaban J connectivity index is 1.37.